The van der Waals surface area contributed by atoms with Gasteiger partial charge in [0.05, 0.1) is 0 Å². The molecule has 3 rings (SSSR count). The summed E-state index contributed by atoms with van der Waals surface area (Å²) in [5, 5.41) is 18.5. The monoisotopic (exact) mass is 241 g/mol. The summed E-state index contributed by atoms with van der Waals surface area (Å²) < 4.78 is 1.40. The van der Waals surface area contributed by atoms with Gasteiger partial charge < -0.3 is 5.32 Å². The summed E-state index contributed by atoms with van der Waals surface area (Å²) >= 11 is 0. The van der Waals surface area contributed by atoms with Crippen molar-refractivity contribution in [1.29, 1.82) is 0 Å². The van der Waals surface area contributed by atoms with Crippen LogP contribution in [0, 0.1) is 0 Å². The fourth-order valence-corrected chi connectivity index (χ4v) is 1.62. The number of pyridine rings is 1. The molecule has 0 amide bonds. The lowest BCUT2D eigenvalue weighted by atomic mass is 10.2. The molecule has 7 nitrogen and oxygen atoms in total. The Hall–Kier alpha value is -2.57. The maximum atomic E-state index is 4.22. The molecule has 0 saturated heterocycles. The van der Waals surface area contributed by atoms with Crippen LogP contribution < -0.4 is 5.32 Å². The van der Waals surface area contributed by atoms with Crippen LogP contribution in [0.25, 0.3) is 5.65 Å². The summed E-state index contributed by atoms with van der Waals surface area (Å²) in [5.74, 6) is 0.749. The maximum absolute atomic E-state index is 4.22. The summed E-state index contributed by atoms with van der Waals surface area (Å²) in [6.45, 7) is 0.784. The number of fused-ring (bicyclic) bond motifs is 1. The molecule has 18 heavy (non-hydrogen) atoms. The summed E-state index contributed by atoms with van der Waals surface area (Å²) in [7, 11) is 0. The van der Waals surface area contributed by atoms with E-state index in [4.69, 9.17) is 0 Å². The number of aromatic nitrogens is 6. The van der Waals surface area contributed by atoms with Crippen LogP contribution in [0.2, 0.25) is 0 Å². The molecule has 90 valence electrons. The molecule has 0 aliphatic rings. The zero-order valence-corrected chi connectivity index (χ0v) is 9.56. The molecule has 1 N–H and O–H groups in total. The molecular weight excluding hydrogens is 230 g/mol. The maximum Gasteiger partial charge on any atom is 0.200 e. The van der Waals surface area contributed by atoms with Crippen LogP contribution in [0.1, 0.15) is 5.56 Å². The van der Waals surface area contributed by atoms with Gasteiger partial charge in [0.25, 0.3) is 0 Å². The van der Waals surface area contributed by atoms with Gasteiger partial charge >= 0.3 is 0 Å². The van der Waals surface area contributed by atoms with E-state index in [0.717, 1.165) is 18.8 Å². The van der Waals surface area contributed by atoms with Crippen LogP contribution in [0.3, 0.4) is 0 Å². The highest BCUT2D eigenvalue weighted by Crippen LogP contribution is 2.04. The van der Waals surface area contributed by atoms with Crippen molar-refractivity contribution in [3.63, 3.8) is 0 Å². The highest BCUT2D eigenvalue weighted by molar-refractivity contribution is 5.42. The molecule has 0 saturated carbocycles. The van der Waals surface area contributed by atoms with E-state index in [1.165, 1.54) is 10.2 Å². The van der Waals surface area contributed by atoms with E-state index in [1.807, 2.05) is 30.5 Å². The predicted molar refractivity (Wildman–Crippen MR) is 65.0 cm³/mol. The van der Waals surface area contributed by atoms with E-state index < -0.39 is 0 Å². The Morgan fingerprint density at radius 1 is 1.22 bits per heavy atom. The molecule has 0 aromatic carbocycles. The van der Waals surface area contributed by atoms with Gasteiger partial charge in [-0.3, -0.25) is 4.98 Å². The number of nitrogens with zero attached hydrogens (tertiary/aromatic N) is 6. The lowest BCUT2D eigenvalue weighted by Crippen LogP contribution is -2.08. The Balaban J connectivity index is 1.62. The van der Waals surface area contributed by atoms with E-state index in [-0.39, 0.29) is 0 Å². The summed E-state index contributed by atoms with van der Waals surface area (Å²) in [6.07, 6.45) is 4.52. The highest BCUT2D eigenvalue weighted by atomic mass is 15.6. The molecule has 7 heteroatoms. The SMILES string of the molecule is c1cncc(CCNc2ccc3nnnn3n2)c1. The third kappa shape index (κ3) is 2.24. The van der Waals surface area contributed by atoms with Crippen LogP contribution in [0.15, 0.2) is 36.7 Å². The second-order valence-electron chi connectivity index (χ2n) is 3.78. The number of tetrazole rings is 1. The van der Waals surface area contributed by atoms with E-state index >= 15 is 0 Å². The van der Waals surface area contributed by atoms with Crippen molar-refractivity contribution in [1.82, 2.24) is 30.2 Å². The van der Waals surface area contributed by atoms with Crippen molar-refractivity contribution >= 4 is 11.5 Å². The predicted octanol–water partition coefficient (Wildman–Crippen LogP) is 0.569. The first kappa shape index (κ1) is 10.6. The highest BCUT2D eigenvalue weighted by Gasteiger charge is 2.00. The topological polar surface area (TPSA) is 80.9 Å². The van der Waals surface area contributed by atoms with Crippen molar-refractivity contribution in [2.75, 3.05) is 11.9 Å². The zero-order valence-electron chi connectivity index (χ0n) is 9.56. The Morgan fingerprint density at radius 3 is 3.11 bits per heavy atom. The van der Waals surface area contributed by atoms with Gasteiger partial charge in [0.2, 0.25) is 0 Å². The lowest BCUT2D eigenvalue weighted by molar-refractivity contribution is 0.733. The molecule has 0 aliphatic carbocycles. The fourth-order valence-electron chi connectivity index (χ4n) is 1.62. The molecule has 0 atom stereocenters. The fraction of sp³-hybridized carbons (Fsp3) is 0.182. The number of hydrogen-bond acceptors (Lipinski definition) is 6. The molecule has 3 heterocycles. The van der Waals surface area contributed by atoms with Gasteiger partial charge in [-0.25, -0.2) is 0 Å². The first-order chi connectivity index (χ1) is 8.92. The second-order valence-corrected chi connectivity index (χ2v) is 3.78. The molecule has 0 radical (unpaired) electrons. The Kier molecular flexibility index (Phi) is 2.79. The van der Waals surface area contributed by atoms with Crippen LogP contribution in [0.4, 0.5) is 5.82 Å². The van der Waals surface area contributed by atoms with Crippen LogP contribution >= 0.6 is 0 Å². The summed E-state index contributed by atoms with van der Waals surface area (Å²) in [5.41, 5.74) is 1.82. The molecular formula is C11H11N7. The van der Waals surface area contributed by atoms with Crippen molar-refractivity contribution in [2.24, 2.45) is 0 Å². The number of anilines is 1. The Labute approximate surface area is 103 Å². The zero-order chi connectivity index (χ0) is 12.2. The summed E-state index contributed by atoms with van der Waals surface area (Å²) in [6, 6.07) is 7.65. The van der Waals surface area contributed by atoms with E-state index in [2.05, 4.69) is 30.9 Å². The molecule has 0 spiro atoms. The van der Waals surface area contributed by atoms with E-state index in [9.17, 15) is 0 Å². The average molecular weight is 241 g/mol. The number of hydrogen-bond donors (Lipinski definition) is 1. The van der Waals surface area contributed by atoms with Gasteiger partial charge in [-0.2, -0.15) is 0 Å². The third-order valence-corrected chi connectivity index (χ3v) is 2.51. The minimum atomic E-state index is 0.632. The van der Waals surface area contributed by atoms with Crippen LogP contribution in [-0.4, -0.2) is 36.8 Å². The van der Waals surface area contributed by atoms with Crippen LogP contribution in [-0.2, 0) is 6.42 Å². The van der Waals surface area contributed by atoms with Crippen LogP contribution in [0.5, 0.6) is 0 Å². The first-order valence-corrected chi connectivity index (χ1v) is 5.60. The van der Waals surface area contributed by atoms with Gasteiger partial charge in [-0.05, 0) is 40.6 Å². The molecule has 0 unspecified atom stereocenters. The number of rotatable bonds is 4. The largest absolute Gasteiger partial charge is 0.368 e. The number of nitrogens with one attached hydrogen (secondary N) is 1. The van der Waals surface area contributed by atoms with Gasteiger partial charge in [-0.1, -0.05) is 6.07 Å². The second kappa shape index (κ2) is 4.74. The average Bonchev–Trinajstić information content (AvgIpc) is 2.87. The first-order valence-electron chi connectivity index (χ1n) is 5.60. The minimum Gasteiger partial charge on any atom is -0.368 e. The minimum absolute atomic E-state index is 0.632. The Bertz CT molecular complexity index is 634. The smallest absolute Gasteiger partial charge is 0.200 e. The molecule has 3 aromatic rings. The molecule has 0 aliphatic heterocycles. The van der Waals surface area contributed by atoms with E-state index in [1.54, 1.807) is 6.20 Å². The standard InChI is InChI=1S/C11H11N7/c1-2-9(8-12-6-1)5-7-13-10-3-4-11-14-16-17-18(11)15-10/h1-4,6,8H,5,7H2,(H,13,15). The van der Waals surface area contributed by atoms with Gasteiger partial charge in [0.15, 0.2) is 5.65 Å². The van der Waals surface area contributed by atoms with Crippen molar-refractivity contribution < 1.29 is 0 Å². The summed E-state index contributed by atoms with van der Waals surface area (Å²) in [4.78, 5) is 4.07. The lowest BCUT2D eigenvalue weighted by Gasteiger charge is -2.04. The third-order valence-electron chi connectivity index (χ3n) is 2.51. The molecule has 3 aromatic heterocycles. The van der Waals surface area contributed by atoms with Gasteiger partial charge in [-0.15, -0.1) is 14.8 Å². The van der Waals surface area contributed by atoms with Crippen molar-refractivity contribution in [3.8, 4) is 0 Å². The molecule has 0 bridgehead atoms. The van der Waals surface area contributed by atoms with Crippen molar-refractivity contribution in [3.05, 3.63) is 42.2 Å². The molecule has 0 fully saturated rings. The van der Waals surface area contributed by atoms with Gasteiger partial charge in [0, 0.05) is 18.9 Å². The Morgan fingerprint density at radius 2 is 2.22 bits per heavy atom. The normalized spacial score (nSPS) is 10.7. The van der Waals surface area contributed by atoms with Crippen molar-refractivity contribution in [2.45, 2.75) is 6.42 Å². The van der Waals surface area contributed by atoms with E-state index in [0.29, 0.717) is 5.65 Å². The van der Waals surface area contributed by atoms with Gasteiger partial charge in [0.1, 0.15) is 5.82 Å². The quantitative estimate of drug-likeness (QED) is 0.719.